The molecule has 0 aliphatic rings. The molecule has 1 heterocycles. The molecule has 4 nitrogen and oxygen atoms in total. The van der Waals surface area contributed by atoms with E-state index in [2.05, 4.69) is 32.6 Å². The number of esters is 1. The number of carbonyl (C=O) groups excluding carboxylic acids is 1. The number of hydrogen-bond donors (Lipinski definition) is 1. The summed E-state index contributed by atoms with van der Waals surface area (Å²) in [7, 11) is 3.14. The van der Waals surface area contributed by atoms with E-state index in [1.54, 1.807) is 12.1 Å². The van der Waals surface area contributed by atoms with Gasteiger partial charge in [0, 0.05) is 8.59 Å². The van der Waals surface area contributed by atoms with E-state index in [0.29, 0.717) is 10.8 Å². The predicted molar refractivity (Wildman–Crippen MR) is 85.1 cm³/mol. The molecule has 1 atom stereocenters. The lowest BCUT2D eigenvalue weighted by atomic mass is 10.1. The molecule has 1 aromatic carbocycles. The van der Waals surface area contributed by atoms with Gasteiger partial charge in [-0.15, -0.1) is 0 Å². The first-order valence-corrected chi connectivity index (χ1v) is 7.32. The van der Waals surface area contributed by atoms with E-state index in [0.717, 1.165) is 9.13 Å². The fourth-order valence-electron chi connectivity index (χ4n) is 1.91. The fraction of sp³-hybridized carbons (Fsp3) is 0.214. The van der Waals surface area contributed by atoms with Gasteiger partial charge in [-0.25, -0.2) is 4.79 Å². The summed E-state index contributed by atoms with van der Waals surface area (Å²) in [6.07, 6.45) is 0. The molecule has 0 radical (unpaired) electrons. The molecule has 0 bridgehead atoms. The van der Waals surface area contributed by atoms with E-state index in [-0.39, 0.29) is 11.8 Å². The number of nitrogens with one attached hydrogen (secondary N) is 1. The number of rotatable bonds is 4. The van der Waals surface area contributed by atoms with Crippen LogP contribution in [-0.2, 0) is 4.74 Å². The monoisotopic (exact) mass is 405 g/mol. The molecule has 1 unspecified atom stereocenters. The molecule has 0 aliphatic heterocycles. The second-order valence-corrected chi connectivity index (χ2v) is 5.68. The van der Waals surface area contributed by atoms with Gasteiger partial charge < -0.3 is 14.5 Å². The minimum atomic E-state index is -0.494. The van der Waals surface area contributed by atoms with Crippen LogP contribution in [0, 0.1) is 3.57 Å². The minimum absolute atomic E-state index is 0.180. The smallest absolute Gasteiger partial charge is 0.373 e. The van der Waals surface area contributed by atoms with Crippen molar-refractivity contribution < 1.29 is 13.9 Å². The van der Waals surface area contributed by atoms with E-state index in [1.807, 2.05) is 25.2 Å². The molecule has 20 heavy (non-hydrogen) atoms. The second-order valence-electron chi connectivity index (χ2n) is 4.08. The van der Waals surface area contributed by atoms with Crippen molar-refractivity contribution >= 4 is 40.2 Å². The van der Waals surface area contributed by atoms with E-state index < -0.39 is 5.97 Å². The Kier molecular flexibility index (Phi) is 5.06. The van der Waals surface area contributed by atoms with Gasteiger partial charge in [0.2, 0.25) is 5.76 Å². The molecular weight excluding hydrogens is 393 g/mol. The molecule has 6 heteroatoms. The molecule has 0 spiro atoms. The van der Waals surface area contributed by atoms with Gasteiger partial charge in [0.1, 0.15) is 5.76 Å². The number of halogens is 2. The normalized spacial score (nSPS) is 12.2. The lowest BCUT2D eigenvalue weighted by Crippen LogP contribution is -2.18. The largest absolute Gasteiger partial charge is 0.463 e. The summed E-state index contributed by atoms with van der Waals surface area (Å²) in [6, 6.07) is 8.82. The third kappa shape index (κ3) is 3.16. The van der Waals surface area contributed by atoms with Gasteiger partial charge in [-0.3, -0.25) is 0 Å². The summed E-state index contributed by atoms with van der Waals surface area (Å²) in [6.45, 7) is 0. The highest BCUT2D eigenvalue weighted by atomic mass is 127. The number of ether oxygens (including phenoxy) is 1. The van der Waals surface area contributed by atoms with E-state index >= 15 is 0 Å². The first kappa shape index (κ1) is 15.3. The Balaban J connectivity index is 2.39. The Bertz CT molecular complexity index is 627. The zero-order valence-electron chi connectivity index (χ0n) is 10.9. The van der Waals surface area contributed by atoms with Crippen molar-refractivity contribution in [3.05, 3.63) is 56.0 Å². The SMILES string of the molecule is CNC(c1ccc(C(=O)OC)o1)c1cc(Cl)ccc1I. The number of methoxy groups -OCH3 is 1. The number of benzene rings is 1. The van der Waals surface area contributed by atoms with Crippen LogP contribution in [0.5, 0.6) is 0 Å². The predicted octanol–water partition coefficient (Wildman–Crippen LogP) is 3.63. The lowest BCUT2D eigenvalue weighted by Gasteiger charge is -2.16. The lowest BCUT2D eigenvalue weighted by molar-refractivity contribution is 0.0562. The minimum Gasteiger partial charge on any atom is -0.463 e. The molecule has 0 saturated carbocycles. The van der Waals surface area contributed by atoms with Crippen LogP contribution < -0.4 is 5.32 Å². The van der Waals surface area contributed by atoms with Crippen LogP contribution in [0.1, 0.15) is 27.9 Å². The Morgan fingerprint density at radius 2 is 2.15 bits per heavy atom. The van der Waals surface area contributed by atoms with Gasteiger partial charge in [-0.2, -0.15) is 0 Å². The molecule has 1 aromatic heterocycles. The zero-order chi connectivity index (χ0) is 14.7. The zero-order valence-corrected chi connectivity index (χ0v) is 13.9. The quantitative estimate of drug-likeness (QED) is 0.623. The van der Waals surface area contributed by atoms with Crippen LogP contribution in [0.3, 0.4) is 0 Å². The van der Waals surface area contributed by atoms with Gasteiger partial charge >= 0.3 is 5.97 Å². The summed E-state index contributed by atoms with van der Waals surface area (Å²) in [5, 5.41) is 3.82. The maximum atomic E-state index is 11.4. The van der Waals surface area contributed by atoms with Crippen LogP contribution in [0.25, 0.3) is 0 Å². The molecule has 2 aromatic rings. The molecule has 1 N–H and O–H groups in total. The van der Waals surface area contributed by atoms with Crippen LogP contribution in [0.4, 0.5) is 0 Å². The maximum absolute atomic E-state index is 11.4. The summed E-state index contributed by atoms with van der Waals surface area (Å²) < 4.78 is 11.2. The van der Waals surface area contributed by atoms with Gasteiger partial charge in [0.25, 0.3) is 0 Å². The number of furan rings is 1. The first-order chi connectivity index (χ1) is 9.56. The average molecular weight is 406 g/mol. The van der Waals surface area contributed by atoms with Crippen molar-refractivity contribution in [1.29, 1.82) is 0 Å². The fourth-order valence-corrected chi connectivity index (χ4v) is 2.73. The maximum Gasteiger partial charge on any atom is 0.373 e. The van der Waals surface area contributed by atoms with E-state index in [1.165, 1.54) is 7.11 Å². The van der Waals surface area contributed by atoms with Crippen LogP contribution in [0.2, 0.25) is 5.02 Å². The Morgan fingerprint density at radius 1 is 1.40 bits per heavy atom. The molecule has 0 saturated heterocycles. The molecule has 0 fully saturated rings. The van der Waals surface area contributed by atoms with Gasteiger partial charge in [-0.1, -0.05) is 11.6 Å². The summed E-state index contributed by atoms with van der Waals surface area (Å²) in [5.41, 5.74) is 0.992. The topological polar surface area (TPSA) is 51.5 Å². The highest BCUT2D eigenvalue weighted by Crippen LogP contribution is 2.29. The first-order valence-electron chi connectivity index (χ1n) is 5.87. The highest BCUT2D eigenvalue weighted by molar-refractivity contribution is 14.1. The standard InChI is InChI=1S/C14H13ClINO3/c1-17-13(9-7-8(15)3-4-10(9)16)11-5-6-12(20-11)14(18)19-2/h3-7,13,17H,1-2H3. The van der Waals surface area contributed by atoms with Crippen molar-refractivity contribution in [2.45, 2.75) is 6.04 Å². The Hall–Kier alpha value is -1.05. The third-order valence-electron chi connectivity index (χ3n) is 2.86. The Morgan fingerprint density at radius 3 is 2.80 bits per heavy atom. The van der Waals surface area contributed by atoms with Crippen LogP contribution in [0.15, 0.2) is 34.7 Å². The van der Waals surface area contributed by atoms with Crippen molar-refractivity contribution in [2.24, 2.45) is 0 Å². The van der Waals surface area contributed by atoms with Crippen LogP contribution in [-0.4, -0.2) is 20.1 Å². The molecule has 0 aliphatic carbocycles. The summed E-state index contributed by atoms with van der Waals surface area (Å²) in [5.74, 6) is 0.319. The highest BCUT2D eigenvalue weighted by Gasteiger charge is 2.21. The molecule has 106 valence electrons. The van der Waals surface area contributed by atoms with E-state index in [9.17, 15) is 4.79 Å². The van der Waals surface area contributed by atoms with Crippen molar-refractivity contribution in [2.75, 3.05) is 14.2 Å². The Labute approximate surface area is 135 Å². The number of hydrogen-bond acceptors (Lipinski definition) is 4. The van der Waals surface area contributed by atoms with Gasteiger partial charge in [-0.05, 0) is 65.5 Å². The second kappa shape index (κ2) is 6.60. The van der Waals surface area contributed by atoms with Crippen molar-refractivity contribution in [3.8, 4) is 0 Å². The molecule has 0 amide bonds. The molecular formula is C14H13ClINO3. The molecule has 2 rings (SSSR count). The third-order valence-corrected chi connectivity index (χ3v) is 4.07. The summed E-state index contributed by atoms with van der Waals surface area (Å²) in [4.78, 5) is 11.4. The number of carbonyl (C=O) groups is 1. The van der Waals surface area contributed by atoms with Crippen molar-refractivity contribution in [1.82, 2.24) is 5.32 Å². The van der Waals surface area contributed by atoms with Crippen molar-refractivity contribution in [3.63, 3.8) is 0 Å². The average Bonchev–Trinajstić information content (AvgIpc) is 2.92. The van der Waals surface area contributed by atoms with Gasteiger partial charge in [0.05, 0.1) is 13.2 Å². The van der Waals surface area contributed by atoms with Gasteiger partial charge in [0.15, 0.2) is 0 Å². The van der Waals surface area contributed by atoms with E-state index in [4.69, 9.17) is 16.0 Å². The summed E-state index contributed by atoms with van der Waals surface area (Å²) >= 11 is 8.29. The van der Waals surface area contributed by atoms with Crippen LogP contribution >= 0.6 is 34.2 Å².